The van der Waals surface area contributed by atoms with Gasteiger partial charge in [0.15, 0.2) is 0 Å². The summed E-state index contributed by atoms with van der Waals surface area (Å²) in [5.41, 5.74) is 0.341. The maximum atomic E-state index is 14.0. The molecule has 41 heavy (non-hydrogen) atoms. The molecule has 6 nitrogen and oxygen atoms in total. The van der Waals surface area contributed by atoms with Gasteiger partial charge >= 0.3 is 12.1 Å². The molecule has 0 radical (unpaired) electrons. The molecule has 0 unspecified atom stereocenters. The summed E-state index contributed by atoms with van der Waals surface area (Å²) < 4.78 is 16.3. The molecule has 0 aromatic carbocycles. The maximum absolute atomic E-state index is 14.0. The minimum Gasteiger partial charge on any atom is -0.546 e. The predicted octanol–water partition coefficient (Wildman–Crippen LogP) is 9.88. The number of alkyl halides is 3. The predicted molar refractivity (Wildman–Crippen MR) is 172 cm³/mol. The van der Waals surface area contributed by atoms with Gasteiger partial charge in [-0.25, -0.2) is 9.59 Å². The van der Waals surface area contributed by atoms with Gasteiger partial charge in [-0.3, -0.25) is 4.90 Å². The number of methoxy groups -OCH3 is 1. The summed E-state index contributed by atoms with van der Waals surface area (Å²) in [6.45, 7) is 15.5. The topological polar surface area (TPSA) is 65.1 Å². The summed E-state index contributed by atoms with van der Waals surface area (Å²) in [7, 11) is -0.953. The van der Waals surface area contributed by atoms with Crippen molar-refractivity contribution < 1.29 is 23.5 Å². The molecule has 1 aliphatic carbocycles. The maximum Gasteiger partial charge on any atom is 0.411 e. The Morgan fingerprint density at radius 1 is 1.07 bits per heavy atom. The number of rotatable bonds is 13. The van der Waals surface area contributed by atoms with Crippen LogP contribution in [0.15, 0.2) is 24.0 Å². The Kier molecular flexibility index (Phi) is 13.9. The Balaban J connectivity index is 2.76. The number of amides is 1. The number of fused-ring (bicyclic) bond motifs is 1. The molecular formula is C31H52Cl3NO5Si. The summed E-state index contributed by atoms with van der Waals surface area (Å²) in [6.07, 6.45) is 13.3. The number of hydrogen-bond donors (Lipinski definition) is 0. The van der Waals surface area contributed by atoms with Gasteiger partial charge in [0.25, 0.3) is 8.32 Å². The van der Waals surface area contributed by atoms with Crippen LogP contribution in [0.4, 0.5) is 4.79 Å². The van der Waals surface area contributed by atoms with Gasteiger partial charge in [0.2, 0.25) is 3.79 Å². The van der Waals surface area contributed by atoms with Crippen molar-refractivity contribution in [3.05, 3.63) is 24.0 Å². The zero-order valence-electron chi connectivity index (χ0n) is 26.3. The molecule has 0 bridgehead atoms. The molecule has 0 aromatic heterocycles. The number of carbonyl (C=O) groups is 2. The molecule has 1 saturated carbocycles. The molecule has 2 aliphatic rings. The molecule has 1 heterocycles. The van der Waals surface area contributed by atoms with E-state index < -0.39 is 29.7 Å². The molecule has 3 atom stereocenters. The highest BCUT2D eigenvalue weighted by molar-refractivity contribution is 6.77. The Morgan fingerprint density at radius 3 is 2.24 bits per heavy atom. The van der Waals surface area contributed by atoms with E-state index in [9.17, 15) is 9.59 Å². The summed E-state index contributed by atoms with van der Waals surface area (Å²) in [6, 6.07) is -0.292. The van der Waals surface area contributed by atoms with Crippen molar-refractivity contribution in [2.24, 2.45) is 5.92 Å². The third-order valence-electron chi connectivity index (χ3n) is 9.02. The fourth-order valence-corrected chi connectivity index (χ4v) is 12.8. The number of unbranched alkanes of at least 4 members (excludes halogenated alkanes) is 3. The third-order valence-corrected chi connectivity index (χ3v) is 15.4. The van der Waals surface area contributed by atoms with Crippen LogP contribution in [0, 0.1) is 5.92 Å². The Bertz CT molecular complexity index is 911. The molecule has 1 fully saturated rings. The van der Waals surface area contributed by atoms with Gasteiger partial charge in [-0.2, -0.15) is 0 Å². The first-order chi connectivity index (χ1) is 19.2. The van der Waals surface area contributed by atoms with Gasteiger partial charge in [0.05, 0.1) is 24.4 Å². The molecule has 10 heteroatoms. The van der Waals surface area contributed by atoms with Gasteiger partial charge in [0.1, 0.15) is 6.61 Å². The molecule has 2 rings (SSSR count). The summed E-state index contributed by atoms with van der Waals surface area (Å²) >= 11 is 17.9. The fourth-order valence-electron chi connectivity index (χ4n) is 7.28. The van der Waals surface area contributed by atoms with Crippen LogP contribution < -0.4 is 0 Å². The standard InChI is InChI=1S/C31H52Cl3NO5Si/c1-9-10-11-12-15-25-20-27(40-41(22(2)3,23(4)5)24(6)7)26-16-13-14-18-30(26,19-17-28(36)38-8)35(25)29(37)39-21-31(32,33)34/h17,19-20,22-26H,9-16,18,21H2,1-8H3/b19-17+/t25-,26-,30+/m1/s1. The molecule has 1 aliphatic heterocycles. The third kappa shape index (κ3) is 8.83. The van der Waals surface area contributed by atoms with E-state index in [4.69, 9.17) is 48.7 Å². The zero-order valence-corrected chi connectivity index (χ0v) is 29.6. The quantitative estimate of drug-likeness (QED) is 0.0651. The average Bonchev–Trinajstić information content (AvgIpc) is 2.90. The van der Waals surface area contributed by atoms with E-state index >= 15 is 0 Å². The fraction of sp³-hybridized carbons (Fsp3) is 0.806. The highest BCUT2D eigenvalue weighted by Crippen LogP contribution is 2.52. The molecular weight excluding hydrogens is 601 g/mol. The molecule has 0 saturated heterocycles. The minimum absolute atomic E-state index is 0.132. The number of ether oxygens (including phenoxy) is 2. The highest BCUT2D eigenvalue weighted by atomic mass is 35.6. The van der Waals surface area contributed by atoms with Crippen LogP contribution in [0.2, 0.25) is 16.6 Å². The van der Waals surface area contributed by atoms with Crippen molar-refractivity contribution >= 4 is 55.2 Å². The molecule has 0 aromatic rings. The number of nitrogens with zero attached hydrogens (tertiary/aromatic N) is 1. The van der Waals surface area contributed by atoms with Crippen molar-refractivity contribution in [1.29, 1.82) is 0 Å². The number of halogens is 3. The lowest BCUT2D eigenvalue weighted by Crippen LogP contribution is -2.64. The van der Waals surface area contributed by atoms with Crippen LogP contribution in [-0.4, -0.2) is 54.4 Å². The minimum atomic E-state index is -2.31. The Hall–Kier alpha value is -0.893. The second kappa shape index (κ2) is 15.7. The van der Waals surface area contributed by atoms with E-state index in [-0.39, 0.29) is 18.6 Å². The van der Waals surface area contributed by atoms with Crippen molar-refractivity contribution in [2.45, 2.75) is 138 Å². The van der Waals surface area contributed by atoms with Crippen molar-refractivity contribution in [2.75, 3.05) is 13.7 Å². The summed E-state index contributed by atoms with van der Waals surface area (Å²) in [5.74, 6) is 0.366. The molecule has 236 valence electrons. The lowest BCUT2D eigenvalue weighted by Gasteiger charge is -2.56. The van der Waals surface area contributed by atoms with Crippen molar-refractivity contribution in [3.8, 4) is 0 Å². The van der Waals surface area contributed by atoms with Gasteiger partial charge in [0, 0.05) is 12.0 Å². The van der Waals surface area contributed by atoms with Crippen LogP contribution in [-0.2, 0) is 18.7 Å². The van der Waals surface area contributed by atoms with Gasteiger partial charge in [-0.05, 0) is 42.0 Å². The van der Waals surface area contributed by atoms with Crippen LogP contribution >= 0.6 is 34.8 Å². The lowest BCUT2D eigenvalue weighted by atomic mass is 9.67. The van der Waals surface area contributed by atoms with E-state index in [1.54, 1.807) is 0 Å². The summed E-state index contributed by atoms with van der Waals surface area (Å²) in [4.78, 5) is 28.2. The smallest absolute Gasteiger partial charge is 0.411 e. The Morgan fingerprint density at radius 2 is 1.71 bits per heavy atom. The first kappa shape index (κ1) is 36.3. The molecule has 1 amide bonds. The Labute approximate surface area is 264 Å². The normalized spacial score (nSPS) is 23.7. The van der Waals surface area contributed by atoms with Crippen LogP contribution in [0.3, 0.4) is 0 Å². The second-order valence-electron chi connectivity index (χ2n) is 12.6. The van der Waals surface area contributed by atoms with E-state index in [1.165, 1.54) is 13.2 Å². The van der Waals surface area contributed by atoms with Crippen molar-refractivity contribution in [3.63, 3.8) is 0 Å². The van der Waals surface area contributed by atoms with Gasteiger partial charge in [-0.15, -0.1) is 0 Å². The average molecular weight is 653 g/mol. The van der Waals surface area contributed by atoms with Gasteiger partial charge in [-0.1, -0.05) is 128 Å². The molecule has 0 spiro atoms. The lowest BCUT2D eigenvalue weighted by molar-refractivity contribution is -0.135. The largest absolute Gasteiger partial charge is 0.546 e. The van der Waals surface area contributed by atoms with E-state index in [2.05, 4.69) is 54.5 Å². The number of carbonyl (C=O) groups excluding carboxylic acids is 2. The monoisotopic (exact) mass is 651 g/mol. The van der Waals surface area contributed by atoms with Crippen LogP contribution in [0.25, 0.3) is 0 Å². The van der Waals surface area contributed by atoms with Crippen molar-refractivity contribution in [1.82, 2.24) is 4.90 Å². The van der Waals surface area contributed by atoms with E-state index in [1.807, 2.05) is 11.0 Å². The van der Waals surface area contributed by atoms with Crippen LogP contribution in [0.1, 0.15) is 106 Å². The number of hydrogen-bond acceptors (Lipinski definition) is 5. The number of esters is 1. The first-order valence-electron chi connectivity index (χ1n) is 15.4. The van der Waals surface area contributed by atoms with E-state index in [0.717, 1.165) is 57.1 Å². The SMILES string of the molecule is CCCCCC[C@@H]1C=C(O[Si](C(C)C)(C(C)C)C(C)C)[C@H]2CCCC[C@@]2(/C=C/C(=O)OC)N1C(=O)OCC(Cl)(Cl)Cl. The zero-order chi connectivity index (χ0) is 31.0. The summed E-state index contributed by atoms with van der Waals surface area (Å²) in [5, 5.41) is 0. The van der Waals surface area contributed by atoms with Crippen LogP contribution in [0.5, 0.6) is 0 Å². The van der Waals surface area contributed by atoms with E-state index in [0.29, 0.717) is 23.0 Å². The highest BCUT2D eigenvalue weighted by Gasteiger charge is 2.56. The van der Waals surface area contributed by atoms with Gasteiger partial charge < -0.3 is 13.9 Å². The first-order valence-corrected chi connectivity index (χ1v) is 18.6. The molecule has 0 N–H and O–H groups in total. The second-order valence-corrected chi connectivity index (χ2v) is 20.5.